The lowest BCUT2D eigenvalue weighted by Crippen LogP contribution is -2.00. The average molecular weight is 165 g/mol. The lowest BCUT2D eigenvalue weighted by molar-refractivity contribution is 0.299. The van der Waals surface area contributed by atoms with Crippen LogP contribution in [0.25, 0.3) is 0 Å². The molecule has 0 saturated carbocycles. The summed E-state index contributed by atoms with van der Waals surface area (Å²) in [6.45, 7) is 2.27. The third-order valence-electron chi connectivity index (χ3n) is 2.04. The number of hydrogen-bond acceptors (Lipinski definition) is 2. The van der Waals surface area contributed by atoms with Gasteiger partial charge in [-0.3, -0.25) is 0 Å². The Labute approximate surface area is 73.0 Å². The van der Waals surface area contributed by atoms with Crippen molar-refractivity contribution in [2.45, 2.75) is 19.8 Å². The average Bonchev–Trinajstić information content (AvgIpc) is 2.05. The molecule has 0 radical (unpaired) electrons. The first-order valence-electron chi connectivity index (χ1n) is 4.26. The van der Waals surface area contributed by atoms with Crippen LogP contribution in [0.3, 0.4) is 0 Å². The van der Waals surface area contributed by atoms with Crippen molar-refractivity contribution in [1.82, 2.24) is 0 Å². The van der Waals surface area contributed by atoms with Crippen LogP contribution in [0.5, 0.6) is 0 Å². The van der Waals surface area contributed by atoms with E-state index in [0.29, 0.717) is 6.42 Å². The fourth-order valence-corrected chi connectivity index (χ4v) is 1.44. The van der Waals surface area contributed by atoms with E-state index in [0.717, 1.165) is 12.1 Å². The van der Waals surface area contributed by atoms with Crippen molar-refractivity contribution < 1.29 is 5.11 Å². The second-order valence-corrected chi connectivity index (χ2v) is 2.81. The van der Waals surface area contributed by atoms with Crippen molar-refractivity contribution in [3.63, 3.8) is 0 Å². The number of benzene rings is 1. The molecule has 0 aliphatic carbocycles. The highest BCUT2D eigenvalue weighted by Gasteiger charge is 2.02. The summed E-state index contributed by atoms with van der Waals surface area (Å²) in [6.07, 6.45) is 1.64. The summed E-state index contributed by atoms with van der Waals surface area (Å²) in [6, 6.07) is 5.85. The Morgan fingerprint density at radius 1 is 1.42 bits per heavy atom. The molecule has 0 saturated heterocycles. The van der Waals surface area contributed by atoms with Crippen molar-refractivity contribution in [1.29, 1.82) is 0 Å². The first kappa shape index (κ1) is 9.07. The van der Waals surface area contributed by atoms with Gasteiger partial charge in [0, 0.05) is 12.3 Å². The van der Waals surface area contributed by atoms with E-state index in [1.165, 1.54) is 11.1 Å². The van der Waals surface area contributed by atoms with E-state index in [9.17, 15) is 0 Å². The smallest absolute Gasteiger partial charge is 0.0471 e. The van der Waals surface area contributed by atoms with Gasteiger partial charge in [-0.15, -0.1) is 0 Å². The number of hydrogen-bond donors (Lipinski definition) is 2. The number of aliphatic hydroxyl groups excluding tert-OH is 1. The minimum absolute atomic E-state index is 0.191. The van der Waals surface area contributed by atoms with Gasteiger partial charge in [0.2, 0.25) is 0 Å². The predicted octanol–water partition coefficient (Wildman–Crippen LogP) is 1.37. The zero-order chi connectivity index (χ0) is 8.97. The van der Waals surface area contributed by atoms with Crippen LogP contribution in [-0.4, -0.2) is 11.7 Å². The molecule has 1 rings (SSSR count). The van der Waals surface area contributed by atoms with Gasteiger partial charge in [0.15, 0.2) is 0 Å². The Morgan fingerprint density at radius 3 is 2.75 bits per heavy atom. The molecule has 3 N–H and O–H groups in total. The first-order valence-corrected chi connectivity index (χ1v) is 4.26. The van der Waals surface area contributed by atoms with Gasteiger partial charge < -0.3 is 10.8 Å². The zero-order valence-corrected chi connectivity index (χ0v) is 7.38. The summed E-state index contributed by atoms with van der Waals surface area (Å²) >= 11 is 0. The van der Waals surface area contributed by atoms with Gasteiger partial charge in [-0.2, -0.15) is 0 Å². The second kappa shape index (κ2) is 4.12. The van der Waals surface area contributed by atoms with Crippen LogP contribution in [0.15, 0.2) is 18.2 Å². The molecule has 0 bridgehead atoms. The van der Waals surface area contributed by atoms with Gasteiger partial charge in [0.1, 0.15) is 0 Å². The van der Waals surface area contributed by atoms with Gasteiger partial charge in [0.05, 0.1) is 0 Å². The van der Waals surface area contributed by atoms with Crippen LogP contribution in [0.4, 0.5) is 5.69 Å². The largest absolute Gasteiger partial charge is 0.398 e. The van der Waals surface area contributed by atoms with Crippen LogP contribution >= 0.6 is 0 Å². The normalized spacial score (nSPS) is 10.2. The van der Waals surface area contributed by atoms with E-state index in [1.807, 2.05) is 18.2 Å². The van der Waals surface area contributed by atoms with E-state index >= 15 is 0 Å². The van der Waals surface area contributed by atoms with Gasteiger partial charge in [0.25, 0.3) is 0 Å². The van der Waals surface area contributed by atoms with E-state index in [2.05, 4.69) is 6.92 Å². The maximum Gasteiger partial charge on any atom is 0.0471 e. The van der Waals surface area contributed by atoms with Crippen LogP contribution in [0.2, 0.25) is 0 Å². The van der Waals surface area contributed by atoms with Crippen molar-refractivity contribution in [2.75, 3.05) is 12.3 Å². The SMILES string of the molecule is CCc1c(N)cccc1CCO. The minimum Gasteiger partial charge on any atom is -0.398 e. The number of anilines is 1. The Hall–Kier alpha value is -1.02. The topological polar surface area (TPSA) is 46.2 Å². The number of rotatable bonds is 3. The Kier molecular flexibility index (Phi) is 3.11. The van der Waals surface area contributed by atoms with Crippen molar-refractivity contribution in [3.05, 3.63) is 29.3 Å². The molecule has 0 amide bonds. The van der Waals surface area contributed by atoms with Gasteiger partial charge in [-0.1, -0.05) is 19.1 Å². The maximum atomic E-state index is 8.79. The molecular weight excluding hydrogens is 150 g/mol. The summed E-state index contributed by atoms with van der Waals surface area (Å²) in [5.74, 6) is 0. The Balaban J connectivity index is 3.00. The molecule has 12 heavy (non-hydrogen) atoms. The van der Waals surface area contributed by atoms with Crippen molar-refractivity contribution in [2.24, 2.45) is 0 Å². The third-order valence-corrected chi connectivity index (χ3v) is 2.04. The summed E-state index contributed by atoms with van der Waals surface area (Å²) in [7, 11) is 0. The van der Waals surface area contributed by atoms with E-state index in [4.69, 9.17) is 10.8 Å². The molecule has 1 aromatic carbocycles. The van der Waals surface area contributed by atoms with Crippen molar-refractivity contribution >= 4 is 5.69 Å². The summed E-state index contributed by atoms with van der Waals surface area (Å²) in [5.41, 5.74) is 8.96. The molecule has 2 nitrogen and oxygen atoms in total. The van der Waals surface area contributed by atoms with Crippen LogP contribution in [-0.2, 0) is 12.8 Å². The highest BCUT2D eigenvalue weighted by molar-refractivity contribution is 5.50. The quantitative estimate of drug-likeness (QED) is 0.664. The summed E-state index contributed by atoms with van der Waals surface area (Å²) in [5, 5.41) is 8.79. The molecular formula is C10H15NO. The zero-order valence-electron chi connectivity index (χ0n) is 7.38. The highest BCUT2D eigenvalue weighted by atomic mass is 16.2. The summed E-state index contributed by atoms with van der Waals surface area (Å²) < 4.78 is 0. The molecule has 0 fully saturated rings. The fourth-order valence-electron chi connectivity index (χ4n) is 1.44. The van der Waals surface area contributed by atoms with E-state index < -0.39 is 0 Å². The molecule has 0 aliphatic rings. The van der Waals surface area contributed by atoms with Crippen LogP contribution in [0, 0.1) is 0 Å². The lowest BCUT2D eigenvalue weighted by Gasteiger charge is -2.08. The molecule has 0 aliphatic heterocycles. The monoisotopic (exact) mass is 165 g/mol. The van der Waals surface area contributed by atoms with Gasteiger partial charge in [-0.25, -0.2) is 0 Å². The molecule has 0 unspecified atom stereocenters. The predicted molar refractivity (Wildman–Crippen MR) is 51.0 cm³/mol. The highest BCUT2D eigenvalue weighted by Crippen LogP contribution is 2.17. The number of nitrogen functional groups attached to an aromatic ring is 1. The standard InChI is InChI=1S/C10H15NO/c1-2-9-8(6-7-12)4-3-5-10(9)11/h3-5,12H,2,6-7,11H2,1H3. The lowest BCUT2D eigenvalue weighted by atomic mass is 10.0. The van der Waals surface area contributed by atoms with E-state index in [1.54, 1.807) is 0 Å². The molecule has 0 aromatic heterocycles. The molecule has 0 spiro atoms. The fraction of sp³-hybridized carbons (Fsp3) is 0.400. The second-order valence-electron chi connectivity index (χ2n) is 2.81. The molecule has 0 heterocycles. The summed E-state index contributed by atoms with van der Waals surface area (Å²) in [4.78, 5) is 0. The Morgan fingerprint density at radius 2 is 2.17 bits per heavy atom. The molecule has 2 heteroatoms. The van der Waals surface area contributed by atoms with Crippen LogP contribution in [0.1, 0.15) is 18.1 Å². The van der Waals surface area contributed by atoms with Gasteiger partial charge in [-0.05, 0) is 30.0 Å². The van der Waals surface area contributed by atoms with Crippen LogP contribution < -0.4 is 5.73 Å². The van der Waals surface area contributed by atoms with E-state index in [-0.39, 0.29) is 6.61 Å². The third kappa shape index (κ3) is 1.77. The molecule has 0 atom stereocenters. The first-order chi connectivity index (χ1) is 5.79. The number of nitrogens with two attached hydrogens (primary N) is 1. The minimum atomic E-state index is 0.191. The molecule has 1 aromatic rings. The number of aliphatic hydroxyl groups is 1. The van der Waals surface area contributed by atoms with Gasteiger partial charge >= 0.3 is 0 Å². The van der Waals surface area contributed by atoms with Crippen molar-refractivity contribution in [3.8, 4) is 0 Å². The Bertz CT molecular complexity index is 258. The molecule has 66 valence electrons. The maximum absolute atomic E-state index is 8.79.